The molecule has 1 N–H and O–H groups in total. The second-order valence-corrected chi connectivity index (χ2v) is 5.92. The third-order valence-electron chi connectivity index (χ3n) is 4.01. The van der Waals surface area contributed by atoms with E-state index in [2.05, 4.69) is 5.32 Å². The van der Waals surface area contributed by atoms with Crippen molar-refractivity contribution in [3.63, 3.8) is 0 Å². The summed E-state index contributed by atoms with van der Waals surface area (Å²) in [6, 6.07) is 7.48. The number of nitrogens with one attached hydrogen (secondary N) is 1. The molecule has 1 aromatic carbocycles. The van der Waals surface area contributed by atoms with Gasteiger partial charge in [-0.1, -0.05) is 36.6 Å². The summed E-state index contributed by atoms with van der Waals surface area (Å²) in [5.41, 5.74) is 1.04. The fourth-order valence-corrected chi connectivity index (χ4v) is 3.09. The number of rotatable bonds is 5. The first-order valence-corrected chi connectivity index (χ1v) is 7.68. The van der Waals surface area contributed by atoms with E-state index in [0.717, 1.165) is 18.4 Å². The number of aliphatic carboxylic acids is 1. The average molecular weight is 309 g/mol. The van der Waals surface area contributed by atoms with Crippen molar-refractivity contribution < 1.29 is 14.7 Å². The maximum Gasteiger partial charge on any atom is 0.223 e. The number of carboxylic acid groups (broad SMARTS) is 1. The summed E-state index contributed by atoms with van der Waals surface area (Å²) in [5, 5.41) is 14.6. The summed E-state index contributed by atoms with van der Waals surface area (Å²) in [7, 11) is 0. The van der Waals surface area contributed by atoms with Gasteiger partial charge in [0.2, 0.25) is 5.91 Å². The molecule has 1 aliphatic carbocycles. The molecule has 0 aliphatic heterocycles. The third kappa shape index (κ3) is 4.46. The van der Waals surface area contributed by atoms with Crippen molar-refractivity contribution in [1.29, 1.82) is 0 Å². The van der Waals surface area contributed by atoms with E-state index in [1.807, 2.05) is 18.2 Å². The molecule has 114 valence electrons. The van der Waals surface area contributed by atoms with Crippen LogP contribution in [0.2, 0.25) is 5.02 Å². The Labute approximate surface area is 129 Å². The first-order chi connectivity index (χ1) is 10.1. The molecule has 0 bridgehead atoms. The number of benzene rings is 1. The Hall–Kier alpha value is -1.55. The van der Waals surface area contributed by atoms with Crippen LogP contribution in [0.5, 0.6) is 0 Å². The monoisotopic (exact) mass is 308 g/mol. The lowest BCUT2D eigenvalue weighted by Gasteiger charge is -2.31. The van der Waals surface area contributed by atoms with Crippen molar-refractivity contribution in [3.8, 4) is 0 Å². The molecule has 1 amide bonds. The molecule has 4 nitrogen and oxygen atoms in total. The average Bonchev–Trinajstić information content (AvgIpc) is 2.47. The predicted molar refractivity (Wildman–Crippen MR) is 78.6 cm³/mol. The normalized spacial score (nSPS) is 21.8. The number of hydrogen-bond donors (Lipinski definition) is 1. The van der Waals surface area contributed by atoms with E-state index in [0.29, 0.717) is 30.8 Å². The largest absolute Gasteiger partial charge is 0.550 e. The molecule has 21 heavy (non-hydrogen) atoms. The molecule has 1 aromatic rings. The first kappa shape index (κ1) is 15.8. The van der Waals surface area contributed by atoms with E-state index >= 15 is 0 Å². The van der Waals surface area contributed by atoms with Crippen LogP contribution in [0.3, 0.4) is 0 Å². The zero-order valence-corrected chi connectivity index (χ0v) is 12.6. The number of carbonyl (C=O) groups excluding carboxylic acids is 2. The van der Waals surface area contributed by atoms with Crippen LogP contribution < -0.4 is 10.4 Å². The molecule has 0 heterocycles. The van der Waals surface area contributed by atoms with E-state index in [1.165, 1.54) is 0 Å². The van der Waals surface area contributed by atoms with Crippen LogP contribution in [0, 0.1) is 11.8 Å². The van der Waals surface area contributed by atoms with Gasteiger partial charge >= 0.3 is 0 Å². The van der Waals surface area contributed by atoms with Gasteiger partial charge in [-0.3, -0.25) is 4.79 Å². The summed E-state index contributed by atoms with van der Waals surface area (Å²) in [6.45, 7) is 0.482. The van der Waals surface area contributed by atoms with Gasteiger partial charge in [0.15, 0.2) is 0 Å². The molecule has 1 saturated carbocycles. The molecular weight excluding hydrogens is 290 g/mol. The van der Waals surface area contributed by atoms with Gasteiger partial charge in [-0.15, -0.1) is 0 Å². The molecule has 2 atom stereocenters. The first-order valence-electron chi connectivity index (χ1n) is 7.31. The number of carbonyl (C=O) groups is 2. The molecule has 0 spiro atoms. The van der Waals surface area contributed by atoms with Crippen molar-refractivity contribution >= 4 is 23.5 Å². The van der Waals surface area contributed by atoms with Gasteiger partial charge in [-0.05, 0) is 37.0 Å². The standard InChI is InChI=1S/C16H20ClNO3/c17-12-5-3-4-11(10-12)8-9-18-15(19)13-6-1-2-7-14(13)16(20)21/h3-5,10,13-14H,1-2,6-9H2,(H,18,19)(H,20,21)/p-1. The highest BCUT2D eigenvalue weighted by atomic mass is 35.5. The molecule has 0 aromatic heterocycles. The highest BCUT2D eigenvalue weighted by molar-refractivity contribution is 6.30. The molecule has 1 aliphatic rings. The van der Waals surface area contributed by atoms with Crippen molar-refractivity contribution in [2.75, 3.05) is 6.54 Å². The number of hydrogen-bond acceptors (Lipinski definition) is 3. The molecule has 2 unspecified atom stereocenters. The van der Waals surface area contributed by atoms with Gasteiger partial charge in [-0.2, -0.15) is 0 Å². The zero-order valence-electron chi connectivity index (χ0n) is 11.8. The molecule has 1 fully saturated rings. The van der Waals surface area contributed by atoms with E-state index in [9.17, 15) is 14.7 Å². The predicted octanol–water partition coefficient (Wildman–Crippen LogP) is 1.55. The quantitative estimate of drug-likeness (QED) is 0.897. The highest BCUT2D eigenvalue weighted by Gasteiger charge is 2.31. The van der Waals surface area contributed by atoms with Crippen LogP contribution in [0.15, 0.2) is 24.3 Å². The smallest absolute Gasteiger partial charge is 0.223 e. The molecular formula is C16H19ClNO3-. The lowest BCUT2D eigenvalue weighted by Crippen LogP contribution is -2.44. The lowest BCUT2D eigenvalue weighted by molar-refractivity contribution is -0.314. The van der Waals surface area contributed by atoms with E-state index < -0.39 is 17.8 Å². The third-order valence-corrected chi connectivity index (χ3v) is 4.24. The van der Waals surface area contributed by atoms with Crippen molar-refractivity contribution in [1.82, 2.24) is 5.32 Å². The summed E-state index contributed by atoms with van der Waals surface area (Å²) in [6.07, 6.45) is 3.59. The summed E-state index contributed by atoms with van der Waals surface area (Å²) in [5.74, 6) is -2.39. The minimum atomic E-state index is -1.11. The van der Waals surface area contributed by atoms with Gasteiger partial charge in [0, 0.05) is 29.4 Å². The van der Waals surface area contributed by atoms with Gasteiger partial charge in [0.05, 0.1) is 0 Å². The maximum atomic E-state index is 12.1. The van der Waals surface area contributed by atoms with Crippen molar-refractivity contribution in [2.45, 2.75) is 32.1 Å². The second kappa shape index (κ2) is 7.46. The molecule has 5 heteroatoms. The summed E-state index contributed by atoms with van der Waals surface area (Å²) < 4.78 is 0. The SMILES string of the molecule is O=C([O-])C1CCCCC1C(=O)NCCc1cccc(Cl)c1. The minimum Gasteiger partial charge on any atom is -0.550 e. The van der Waals surface area contributed by atoms with Crippen molar-refractivity contribution in [3.05, 3.63) is 34.9 Å². The van der Waals surface area contributed by atoms with E-state index in [-0.39, 0.29) is 5.91 Å². The molecule has 2 rings (SSSR count). The number of halogens is 1. The zero-order chi connectivity index (χ0) is 15.2. The fraction of sp³-hybridized carbons (Fsp3) is 0.500. The minimum absolute atomic E-state index is 0.175. The Morgan fingerprint density at radius 1 is 1.24 bits per heavy atom. The Bertz CT molecular complexity index is 518. The Morgan fingerprint density at radius 2 is 1.95 bits per heavy atom. The Balaban J connectivity index is 1.84. The summed E-state index contributed by atoms with van der Waals surface area (Å²) >= 11 is 5.90. The van der Waals surface area contributed by atoms with Crippen LogP contribution in [-0.4, -0.2) is 18.4 Å². The second-order valence-electron chi connectivity index (χ2n) is 5.49. The maximum absolute atomic E-state index is 12.1. The van der Waals surface area contributed by atoms with Crippen LogP contribution in [-0.2, 0) is 16.0 Å². The number of carboxylic acids is 1. The van der Waals surface area contributed by atoms with E-state index in [4.69, 9.17) is 11.6 Å². The molecule has 0 saturated heterocycles. The fourth-order valence-electron chi connectivity index (χ4n) is 2.88. The van der Waals surface area contributed by atoms with Gasteiger partial charge in [-0.25, -0.2) is 0 Å². The van der Waals surface area contributed by atoms with Crippen molar-refractivity contribution in [2.24, 2.45) is 11.8 Å². The Morgan fingerprint density at radius 3 is 2.62 bits per heavy atom. The van der Waals surface area contributed by atoms with Gasteiger partial charge in [0.25, 0.3) is 0 Å². The highest BCUT2D eigenvalue weighted by Crippen LogP contribution is 2.29. The van der Waals surface area contributed by atoms with Crippen LogP contribution >= 0.6 is 11.6 Å². The van der Waals surface area contributed by atoms with Gasteiger partial charge < -0.3 is 15.2 Å². The topological polar surface area (TPSA) is 69.2 Å². The number of amides is 1. The lowest BCUT2D eigenvalue weighted by atomic mass is 9.78. The van der Waals surface area contributed by atoms with E-state index in [1.54, 1.807) is 6.07 Å². The van der Waals surface area contributed by atoms with Crippen LogP contribution in [0.25, 0.3) is 0 Å². The van der Waals surface area contributed by atoms with Gasteiger partial charge in [0.1, 0.15) is 0 Å². The Kier molecular flexibility index (Phi) is 5.62. The van der Waals surface area contributed by atoms with Crippen LogP contribution in [0.1, 0.15) is 31.2 Å². The molecule has 0 radical (unpaired) electrons. The van der Waals surface area contributed by atoms with Crippen LogP contribution in [0.4, 0.5) is 0 Å². The summed E-state index contributed by atoms with van der Waals surface area (Å²) in [4.78, 5) is 23.2.